The Labute approximate surface area is 159 Å². The van der Waals surface area contributed by atoms with Crippen molar-refractivity contribution in [2.45, 2.75) is 38.0 Å². The first-order valence-electron chi connectivity index (χ1n) is 9.61. The Morgan fingerprint density at radius 1 is 0.889 bits per heavy atom. The van der Waals surface area contributed by atoms with Gasteiger partial charge in [0.1, 0.15) is 5.82 Å². The Morgan fingerprint density at radius 3 is 2.22 bits per heavy atom. The molecule has 0 N–H and O–H groups in total. The van der Waals surface area contributed by atoms with E-state index in [2.05, 4.69) is 16.0 Å². The molecule has 136 valence electrons. The third-order valence-electron chi connectivity index (χ3n) is 5.22. The fourth-order valence-corrected chi connectivity index (χ4v) is 3.85. The largest absolute Gasteiger partial charge is 0.261 e. The van der Waals surface area contributed by atoms with Gasteiger partial charge in [0.2, 0.25) is 0 Å². The minimum absolute atomic E-state index is 0.0424. The van der Waals surface area contributed by atoms with Crippen LogP contribution >= 0.6 is 0 Å². The summed E-state index contributed by atoms with van der Waals surface area (Å²) >= 11 is 0. The van der Waals surface area contributed by atoms with Gasteiger partial charge in [-0.1, -0.05) is 24.3 Å². The summed E-state index contributed by atoms with van der Waals surface area (Å²) in [4.78, 5) is 9.17. The molecule has 3 aromatic rings. The summed E-state index contributed by atoms with van der Waals surface area (Å²) in [6, 6.07) is 17.1. The molecule has 2 heterocycles. The molecule has 0 radical (unpaired) electrons. The normalized spacial score (nSPS) is 14.2. The smallest absolute Gasteiger partial charge is 0.123 e. The molecule has 0 aliphatic heterocycles. The molecule has 1 aromatic carbocycles. The van der Waals surface area contributed by atoms with Crippen LogP contribution in [0.25, 0.3) is 5.57 Å². The lowest BCUT2D eigenvalue weighted by Crippen LogP contribution is -2.10. The van der Waals surface area contributed by atoms with E-state index < -0.39 is 0 Å². The molecule has 0 saturated carbocycles. The van der Waals surface area contributed by atoms with Gasteiger partial charge in [0, 0.05) is 29.7 Å². The number of nitrogens with zero attached hydrogens (tertiary/aromatic N) is 2. The standard InChI is InChI=1S/C24H23FN2/c25-20-13-12-19(21(17-20)18-8-2-1-3-9-18)16-22(23-10-4-6-14-26-23)24-11-5-7-15-27-24/h4-8,10-15,17,22H,1-3,9,16H2. The molecule has 0 amide bonds. The van der Waals surface area contributed by atoms with E-state index in [-0.39, 0.29) is 11.7 Å². The Kier molecular flexibility index (Phi) is 5.38. The van der Waals surface area contributed by atoms with Crippen molar-refractivity contribution in [2.75, 3.05) is 0 Å². The number of rotatable bonds is 5. The predicted molar refractivity (Wildman–Crippen MR) is 107 cm³/mol. The first kappa shape index (κ1) is 17.6. The van der Waals surface area contributed by atoms with Crippen LogP contribution in [0.5, 0.6) is 0 Å². The van der Waals surface area contributed by atoms with Crippen LogP contribution in [0, 0.1) is 5.82 Å². The summed E-state index contributed by atoms with van der Waals surface area (Å²) in [7, 11) is 0. The van der Waals surface area contributed by atoms with Crippen LogP contribution in [0.4, 0.5) is 4.39 Å². The quantitative estimate of drug-likeness (QED) is 0.563. The molecule has 4 rings (SSSR count). The summed E-state index contributed by atoms with van der Waals surface area (Å²) in [5, 5.41) is 0. The molecule has 2 aromatic heterocycles. The highest BCUT2D eigenvalue weighted by Gasteiger charge is 2.20. The molecule has 1 aliphatic carbocycles. The van der Waals surface area contributed by atoms with Crippen molar-refractivity contribution in [3.05, 3.63) is 101 Å². The Bertz CT molecular complexity index is 880. The minimum Gasteiger partial charge on any atom is -0.261 e. The lowest BCUT2D eigenvalue weighted by atomic mass is 9.85. The van der Waals surface area contributed by atoms with Crippen molar-refractivity contribution in [1.29, 1.82) is 0 Å². The second-order valence-electron chi connectivity index (χ2n) is 7.04. The molecule has 27 heavy (non-hydrogen) atoms. The maximum absolute atomic E-state index is 14.0. The summed E-state index contributed by atoms with van der Waals surface area (Å²) in [5.74, 6) is -0.131. The van der Waals surface area contributed by atoms with Gasteiger partial charge in [-0.15, -0.1) is 0 Å². The molecule has 0 fully saturated rings. The highest BCUT2D eigenvalue weighted by Crippen LogP contribution is 2.33. The zero-order valence-corrected chi connectivity index (χ0v) is 15.3. The van der Waals surface area contributed by atoms with Crippen molar-refractivity contribution in [1.82, 2.24) is 9.97 Å². The number of allylic oxidation sites excluding steroid dienone is 2. The summed E-state index contributed by atoms with van der Waals surface area (Å²) in [6.07, 6.45) is 11.2. The van der Waals surface area contributed by atoms with Crippen LogP contribution in [0.15, 0.2) is 73.1 Å². The van der Waals surface area contributed by atoms with Crippen LogP contribution in [0.2, 0.25) is 0 Å². The molecule has 2 nitrogen and oxygen atoms in total. The summed E-state index contributed by atoms with van der Waals surface area (Å²) in [6.45, 7) is 0. The van der Waals surface area contributed by atoms with Gasteiger partial charge in [-0.2, -0.15) is 0 Å². The Balaban J connectivity index is 1.75. The molecular weight excluding hydrogens is 335 g/mol. The van der Waals surface area contributed by atoms with Gasteiger partial charge in [0.25, 0.3) is 0 Å². The molecule has 3 heteroatoms. The highest BCUT2D eigenvalue weighted by atomic mass is 19.1. The number of hydrogen-bond acceptors (Lipinski definition) is 2. The summed E-state index contributed by atoms with van der Waals surface area (Å²) < 4.78 is 14.0. The Hall–Kier alpha value is -2.81. The van der Waals surface area contributed by atoms with Crippen LogP contribution in [-0.2, 0) is 6.42 Å². The SMILES string of the molecule is Fc1ccc(CC(c2ccccn2)c2ccccn2)c(C2=CCCCC2)c1. The third-order valence-corrected chi connectivity index (χ3v) is 5.22. The van der Waals surface area contributed by atoms with Gasteiger partial charge in [-0.05, 0) is 85.2 Å². The highest BCUT2D eigenvalue weighted by molar-refractivity contribution is 5.69. The molecule has 1 aliphatic rings. The minimum atomic E-state index is -0.174. The van der Waals surface area contributed by atoms with Gasteiger partial charge in [-0.25, -0.2) is 4.39 Å². The third kappa shape index (κ3) is 4.13. The lowest BCUT2D eigenvalue weighted by Gasteiger charge is -2.21. The fourth-order valence-electron chi connectivity index (χ4n) is 3.85. The second-order valence-corrected chi connectivity index (χ2v) is 7.04. The van der Waals surface area contributed by atoms with Crippen molar-refractivity contribution in [3.8, 4) is 0 Å². The van der Waals surface area contributed by atoms with Crippen molar-refractivity contribution < 1.29 is 4.39 Å². The van der Waals surface area contributed by atoms with Crippen LogP contribution in [-0.4, -0.2) is 9.97 Å². The maximum atomic E-state index is 14.0. The maximum Gasteiger partial charge on any atom is 0.123 e. The Morgan fingerprint density at radius 2 is 1.63 bits per heavy atom. The fraction of sp³-hybridized carbons (Fsp3) is 0.250. The van der Waals surface area contributed by atoms with E-state index in [4.69, 9.17) is 0 Å². The zero-order chi connectivity index (χ0) is 18.5. The zero-order valence-electron chi connectivity index (χ0n) is 15.3. The first-order valence-corrected chi connectivity index (χ1v) is 9.61. The van der Waals surface area contributed by atoms with E-state index >= 15 is 0 Å². The van der Waals surface area contributed by atoms with Crippen molar-refractivity contribution >= 4 is 5.57 Å². The molecular formula is C24H23FN2. The van der Waals surface area contributed by atoms with E-state index in [0.29, 0.717) is 0 Å². The lowest BCUT2D eigenvalue weighted by molar-refractivity contribution is 0.625. The van der Waals surface area contributed by atoms with Gasteiger partial charge >= 0.3 is 0 Å². The monoisotopic (exact) mass is 358 g/mol. The van der Waals surface area contributed by atoms with Crippen LogP contribution < -0.4 is 0 Å². The van der Waals surface area contributed by atoms with Crippen molar-refractivity contribution in [2.24, 2.45) is 0 Å². The van der Waals surface area contributed by atoms with E-state index in [1.807, 2.05) is 54.9 Å². The van der Waals surface area contributed by atoms with Crippen LogP contribution in [0.1, 0.15) is 54.1 Å². The number of halogens is 1. The first-order chi connectivity index (χ1) is 13.3. The average molecular weight is 358 g/mol. The number of hydrogen-bond donors (Lipinski definition) is 0. The van der Waals surface area contributed by atoms with E-state index in [9.17, 15) is 4.39 Å². The number of aromatic nitrogens is 2. The van der Waals surface area contributed by atoms with Crippen LogP contribution in [0.3, 0.4) is 0 Å². The molecule has 0 spiro atoms. The van der Waals surface area contributed by atoms with E-state index in [1.54, 1.807) is 12.1 Å². The van der Waals surface area contributed by atoms with Gasteiger partial charge in [-0.3, -0.25) is 9.97 Å². The predicted octanol–water partition coefficient (Wildman–Crippen LogP) is 5.95. The molecule has 0 saturated heterocycles. The topological polar surface area (TPSA) is 25.8 Å². The van der Waals surface area contributed by atoms with E-state index in [1.165, 1.54) is 18.4 Å². The second kappa shape index (κ2) is 8.26. The molecule has 0 bridgehead atoms. The number of pyridine rings is 2. The van der Waals surface area contributed by atoms with Gasteiger partial charge in [0.15, 0.2) is 0 Å². The summed E-state index contributed by atoms with van der Waals surface area (Å²) in [5.41, 5.74) is 5.46. The molecule has 0 atom stereocenters. The molecule has 0 unspecified atom stereocenters. The van der Waals surface area contributed by atoms with Gasteiger partial charge < -0.3 is 0 Å². The average Bonchev–Trinajstić information content (AvgIpc) is 2.75. The van der Waals surface area contributed by atoms with Gasteiger partial charge in [0.05, 0.1) is 0 Å². The van der Waals surface area contributed by atoms with Crippen molar-refractivity contribution in [3.63, 3.8) is 0 Å². The van der Waals surface area contributed by atoms with E-state index in [0.717, 1.165) is 41.8 Å². The number of benzene rings is 1.